The summed E-state index contributed by atoms with van der Waals surface area (Å²) in [6.45, 7) is -0.280. The molecule has 0 saturated heterocycles. The van der Waals surface area contributed by atoms with Gasteiger partial charge < -0.3 is 10.2 Å². The van der Waals surface area contributed by atoms with Crippen LogP contribution >= 0.6 is 15.9 Å². The van der Waals surface area contributed by atoms with E-state index >= 15 is 0 Å². The van der Waals surface area contributed by atoms with Crippen LogP contribution < -0.4 is 0 Å². The Morgan fingerprint density at radius 1 is 1.45 bits per heavy atom. The second-order valence-corrected chi connectivity index (χ2v) is 2.86. The number of aliphatic hydroxyl groups excluding tert-OH is 1. The Balaban J connectivity index is 3.21. The van der Waals surface area contributed by atoms with E-state index in [-0.39, 0.29) is 16.8 Å². The summed E-state index contributed by atoms with van der Waals surface area (Å²) in [5.74, 6) is -0.775. The standard InChI is InChI=1S/C7H6BrFO2/c8-7-5(9)1-4(3-10)2-6(7)11/h1-2,10-11H,3H2. The molecule has 11 heavy (non-hydrogen) atoms. The van der Waals surface area contributed by atoms with Crippen LogP contribution in [0.3, 0.4) is 0 Å². The molecular weight excluding hydrogens is 215 g/mol. The highest BCUT2D eigenvalue weighted by Gasteiger charge is 2.05. The van der Waals surface area contributed by atoms with E-state index in [0.717, 1.165) is 6.07 Å². The zero-order chi connectivity index (χ0) is 8.43. The van der Waals surface area contributed by atoms with Crippen LogP contribution in [0.4, 0.5) is 4.39 Å². The van der Waals surface area contributed by atoms with E-state index in [1.165, 1.54) is 6.07 Å². The molecule has 60 valence electrons. The number of rotatable bonds is 1. The van der Waals surface area contributed by atoms with Crippen molar-refractivity contribution in [2.45, 2.75) is 6.61 Å². The maximum absolute atomic E-state index is 12.7. The van der Waals surface area contributed by atoms with Crippen LogP contribution in [0.2, 0.25) is 0 Å². The minimum absolute atomic E-state index is 0.0229. The van der Waals surface area contributed by atoms with E-state index in [9.17, 15) is 4.39 Å². The topological polar surface area (TPSA) is 40.5 Å². The van der Waals surface area contributed by atoms with Gasteiger partial charge in [-0.2, -0.15) is 0 Å². The number of phenolic OH excluding ortho intramolecular Hbond substituents is 1. The summed E-state index contributed by atoms with van der Waals surface area (Å²) in [6.07, 6.45) is 0. The van der Waals surface area contributed by atoms with Crippen molar-refractivity contribution in [3.05, 3.63) is 28.0 Å². The number of benzene rings is 1. The molecule has 1 aromatic rings. The average molecular weight is 221 g/mol. The quantitative estimate of drug-likeness (QED) is 0.758. The van der Waals surface area contributed by atoms with Gasteiger partial charge in [0.2, 0.25) is 0 Å². The van der Waals surface area contributed by atoms with Crippen LogP contribution in [0.15, 0.2) is 16.6 Å². The fourth-order valence-corrected chi connectivity index (χ4v) is 0.949. The zero-order valence-electron chi connectivity index (χ0n) is 5.51. The third kappa shape index (κ3) is 1.70. The fourth-order valence-electron chi connectivity index (χ4n) is 0.720. The van der Waals surface area contributed by atoms with Crippen molar-refractivity contribution in [2.75, 3.05) is 0 Å². The van der Waals surface area contributed by atoms with Gasteiger partial charge in [0, 0.05) is 0 Å². The Kier molecular flexibility index (Phi) is 2.46. The van der Waals surface area contributed by atoms with Gasteiger partial charge in [-0.05, 0) is 33.6 Å². The van der Waals surface area contributed by atoms with E-state index in [0.29, 0.717) is 5.56 Å². The molecule has 0 saturated carbocycles. The first kappa shape index (κ1) is 8.49. The largest absolute Gasteiger partial charge is 0.507 e. The molecular formula is C7H6BrFO2. The lowest BCUT2D eigenvalue weighted by Gasteiger charge is -2.00. The van der Waals surface area contributed by atoms with E-state index in [4.69, 9.17) is 10.2 Å². The molecule has 0 aliphatic rings. The van der Waals surface area contributed by atoms with Crippen molar-refractivity contribution >= 4 is 15.9 Å². The van der Waals surface area contributed by atoms with Gasteiger partial charge in [-0.3, -0.25) is 0 Å². The van der Waals surface area contributed by atoms with Gasteiger partial charge in [0.1, 0.15) is 11.6 Å². The van der Waals surface area contributed by atoms with Gasteiger partial charge in [0.25, 0.3) is 0 Å². The van der Waals surface area contributed by atoms with Crippen molar-refractivity contribution in [2.24, 2.45) is 0 Å². The monoisotopic (exact) mass is 220 g/mol. The molecule has 0 amide bonds. The Hall–Kier alpha value is -0.610. The minimum Gasteiger partial charge on any atom is -0.507 e. The molecule has 1 aromatic carbocycles. The lowest BCUT2D eigenvalue weighted by Crippen LogP contribution is -1.86. The number of aliphatic hydroxyl groups is 1. The Morgan fingerprint density at radius 2 is 2.09 bits per heavy atom. The van der Waals surface area contributed by atoms with E-state index in [2.05, 4.69) is 15.9 Å². The second kappa shape index (κ2) is 3.19. The molecule has 4 heteroatoms. The molecule has 0 bridgehead atoms. The summed E-state index contributed by atoms with van der Waals surface area (Å²) < 4.78 is 12.7. The predicted molar refractivity (Wildman–Crippen MR) is 41.7 cm³/mol. The van der Waals surface area contributed by atoms with Crippen molar-refractivity contribution in [1.29, 1.82) is 0 Å². The summed E-state index contributed by atoms with van der Waals surface area (Å²) in [5, 5.41) is 17.6. The van der Waals surface area contributed by atoms with Crippen molar-refractivity contribution in [3.63, 3.8) is 0 Å². The molecule has 0 atom stereocenters. The van der Waals surface area contributed by atoms with Crippen molar-refractivity contribution in [3.8, 4) is 5.75 Å². The van der Waals surface area contributed by atoms with Crippen LogP contribution in [0.5, 0.6) is 5.75 Å². The Labute approximate surface area is 71.4 Å². The average Bonchev–Trinajstić information content (AvgIpc) is 1.99. The SMILES string of the molecule is OCc1cc(O)c(Br)c(F)c1. The van der Waals surface area contributed by atoms with Crippen molar-refractivity contribution in [1.82, 2.24) is 0 Å². The maximum atomic E-state index is 12.7. The summed E-state index contributed by atoms with van der Waals surface area (Å²) in [4.78, 5) is 0. The van der Waals surface area contributed by atoms with Gasteiger partial charge in [-0.15, -0.1) is 0 Å². The smallest absolute Gasteiger partial charge is 0.141 e. The normalized spacial score (nSPS) is 10.1. The molecule has 0 aromatic heterocycles. The predicted octanol–water partition coefficient (Wildman–Crippen LogP) is 1.79. The zero-order valence-corrected chi connectivity index (χ0v) is 7.10. The number of phenols is 1. The number of halogens is 2. The van der Waals surface area contributed by atoms with Gasteiger partial charge in [-0.1, -0.05) is 0 Å². The summed E-state index contributed by atoms with van der Waals surface area (Å²) in [6, 6.07) is 2.46. The lowest BCUT2D eigenvalue weighted by atomic mass is 10.2. The van der Waals surface area contributed by atoms with Crippen LogP contribution in [0.1, 0.15) is 5.56 Å². The molecule has 0 aliphatic carbocycles. The van der Waals surface area contributed by atoms with Crippen molar-refractivity contribution < 1.29 is 14.6 Å². The third-order valence-corrected chi connectivity index (χ3v) is 2.04. The molecule has 0 radical (unpaired) electrons. The molecule has 0 fully saturated rings. The number of hydrogen-bond acceptors (Lipinski definition) is 2. The number of hydrogen-bond donors (Lipinski definition) is 2. The van der Waals surface area contributed by atoms with Crippen LogP contribution in [0, 0.1) is 5.82 Å². The molecule has 2 nitrogen and oxygen atoms in total. The first-order valence-electron chi connectivity index (χ1n) is 2.93. The van der Waals surface area contributed by atoms with Crippen LogP contribution in [0.25, 0.3) is 0 Å². The first-order chi connectivity index (χ1) is 5.15. The molecule has 1 rings (SSSR count). The Bertz CT molecular complexity index is 252. The van der Waals surface area contributed by atoms with Crippen LogP contribution in [-0.2, 0) is 6.61 Å². The molecule has 0 aliphatic heterocycles. The third-order valence-electron chi connectivity index (χ3n) is 1.25. The summed E-state index contributed by atoms with van der Waals surface area (Å²) in [7, 11) is 0. The highest BCUT2D eigenvalue weighted by atomic mass is 79.9. The second-order valence-electron chi connectivity index (χ2n) is 2.07. The Morgan fingerprint density at radius 3 is 2.55 bits per heavy atom. The van der Waals surface area contributed by atoms with Gasteiger partial charge in [0.05, 0.1) is 11.1 Å². The molecule has 0 spiro atoms. The first-order valence-corrected chi connectivity index (χ1v) is 3.72. The molecule has 0 heterocycles. The minimum atomic E-state index is -0.575. The fraction of sp³-hybridized carbons (Fsp3) is 0.143. The van der Waals surface area contributed by atoms with Gasteiger partial charge >= 0.3 is 0 Å². The summed E-state index contributed by atoms with van der Waals surface area (Å²) in [5.41, 5.74) is 0.350. The van der Waals surface area contributed by atoms with E-state index < -0.39 is 5.82 Å². The van der Waals surface area contributed by atoms with Gasteiger partial charge in [0.15, 0.2) is 0 Å². The van der Waals surface area contributed by atoms with Crippen LogP contribution in [-0.4, -0.2) is 10.2 Å². The maximum Gasteiger partial charge on any atom is 0.141 e. The van der Waals surface area contributed by atoms with E-state index in [1.54, 1.807) is 0 Å². The van der Waals surface area contributed by atoms with E-state index in [1.807, 2.05) is 0 Å². The molecule has 2 N–H and O–H groups in total. The highest BCUT2D eigenvalue weighted by Crippen LogP contribution is 2.27. The molecule has 0 unspecified atom stereocenters. The van der Waals surface area contributed by atoms with Gasteiger partial charge in [-0.25, -0.2) is 4.39 Å². The summed E-state index contributed by atoms with van der Waals surface area (Å²) >= 11 is 2.84. The lowest BCUT2D eigenvalue weighted by molar-refractivity contribution is 0.280. The number of aromatic hydroxyl groups is 1. The highest BCUT2D eigenvalue weighted by molar-refractivity contribution is 9.10.